The molecular weight excluding hydrogens is 272 g/mol. The number of cyclic esters (lactones) is 1. The van der Waals surface area contributed by atoms with Crippen molar-refractivity contribution in [3.05, 3.63) is 0 Å². The zero-order valence-electron chi connectivity index (χ0n) is 14.0. The maximum absolute atomic E-state index is 12.6. The average molecular weight is 302 g/mol. The van der Waals surface area contributed by atoms with Gasteiger partial charge in [0.05, 0.1) is 12.0 Å². The van der Waals surface area contributed by atoms with Gasteiger partial charge in [0.25, 0.3) is 0 Å². The molecule has 1 heterocycles. The Hall–Kier alpha value is -0.530. The number of esters is 1. The molecule has 5 rings (SSSR count). The van der Waals surface area contributed by atoms with Gasteiger partial charge in [-0.05, 0) is 80.5 Å². The third kappa shape index (κ3) is 1.50. The molecule has 0 radical (unpaired) electrons. The first kappa shape index (κ1) is 13.9. The Kier molecular flexibility index (Phi) is 2.84. The fourth-order valence-corrected chi connectivity index (χ4v) is 8.04. The number of hydrogen-bond acceptors (Lipinski definition) is 2. The monoisotopic (exact) mass is 302 g/mol. The molecule has 4 saturated carbocycles. The fraction of sp³-hybridized carbons (Fsp3) is 0.950. The van der Waals surface area contributed by atoms with Crippen molar-refractivity contribution < 1.29 is 9.53 Å². The standard InChI is InChI=1S/C20H30O2/c1-19-10-3-2-4-13(19)5-7-15-16(19)9-11-20-14(6-8-17(15)20)12-22-18(20)21/h13-17H,2-12H2,1H3/t13-,14-,15-,16+,17+,19+,20+/m1/s1. The third-order valence-electron chi connectivity index (χ3n) is 9.06. The van der Waals surface area contributed by atoms with Crippen molar-refractivity contribution >= 4 is 5.97 Å². The van der Waals surface area contributed by atoms with Gasteiger partial charge in [-0.3, -0.25) is 4.79 Å². The highest BCUT2D eigenvalue weighted by Gasteiger charge is 2.67. The van der Waals surface area contributed by atoms with Gasteiger partial charge in [0.2, 0.25) is 0 Å². The molecule has 0 bridgehead atoms. The van der Waals surface area contributed by atoms with E-state index >= 15 is 0 Å². The Morgan fingerprint density at radius 1 is 0.909 bits per heavy atom. The van der Waals surface area contributed by atoms with E-state index in [2.05, 4.69) is 6.92 Å². The van der Waals surface area contributed by atoms with Crippen LogP contribution in [0.5, 0.6) is 0 Å². The van der Waals surface area contributed by atoms with Crippen LogP contribution in [0, 0.1) is 40.4 Å². The highest BCUT2D eigenvalue weighted by Crippen LogP contribution is 2.68. The lowest BCUT2D eigenvalue weighted by atomic mass is 9.45. The van der Waals surface area contributed by atoms with Gasteiger partial charge in [-0.1, -0.05) is 19.8 Å². The second-order valence-corrected chi connectivity index (χ2v) is 9.35. The van der Waals surface area contributed by atoms with Crippen LogP contribution >= 0.6 is 0 Å². The number of carbonyl (C=O) groups is 1. The SMILES string of the molecule is C[C@]12CCCC[C@@H]1CC[C@@H]1[C@@H]2CC[C@]23C(=O)OC[C@H]2CC[C@@H]13. The van der Waals surface area contributed by atoms with Crippen LogP contribution < -0.4 is 0 Å². The smallest absolute Gasteiger partial charge is 0.312 e. The maximum atomic E-state index is 12.6. The zero-order valence-corrected chi connectivity index (χ0v) is 14.0. The number of ether oxygens (including phenoxy) is 1. The molecule has 7 atom stereocenters. The van der Waals surface area contributed by atoms with Crippen molar-refractivity contribution in [2.75, 3.05) is 6.61 Å². The molecule has 0 aromatic rings. The maximum Gasteiger partial charge on any atom is 0.312 e. The van der Waals surface area contributed by atoms with Gasteiger partial charge in [-0.2, -0.15) is 0 Å². The van der Waals surface area contributed by atoms with Crippen LogP contribution in [-0.4, -0.2) is 12.6 Å². The van der Waals surface area contributed by atoms with Crippen molar-refractivity contribution in [3.63, 3.8) is 0 Å². The summed E-state index contributed by atoms with van der Waals surface area (Å²) in [5.41, 5.74) is 0.544. The topological polar surface area (TPSA) is 26.3 Å². The minimum Gasteiger partial charge on any atom is -0.465 e. The minimum absolute atomic E-state index is 0.0426. The van der Waals surface area contributed by atoms with Gasteiger partial charge in [0.1, 0.15) is 0 Å². The number of fused-ring (bicyclic) bond motifs is 4. The summed E-state index contributed by atoms with van der Waals surface area (Å²) < 4.78 is 5.55. The third-order valence-corrected chi connectivity index (χ3v) is 9.06. The Labute approximate surface area is 134 Å². The van der Waals surface area contributed by atoms with E-state index in [1.54, 1.807) is 0 Å². The van der Waals surface area contributed by atoms with Gasteiger partial charge in [-0.15, -0.1) is 0 Å². The predicted octanol–water partition coefficient (Wildman–Crippen LogP) is 4.57. The van der Waals surface area contributed by atoms with E-state index in [1.165, 1.54) is 57.8 Å². The Balaban J connectivity index is 1.51. The molecule has 122 valence electrons. The van der Waals surface area contributed by atoms with E-state index < -0.39 is 0 Å². The molecule has 0 aromatic carbocycles. The lowest BCUT2D eigenvalue weighted by Gasteiger charge is -2.59. The van der Waals surface area contributed by atoms with Crippen LogP contribution in [0.4, 0.5) is 0 Å². The number of rotatable bonds is 0. The number of hydrogen-bond donors (Lipinski definition) is 0. The Morgan fingerprint density at radius 3 is 2.68 bits per heavy atom. The van der Waals surface area contributed by atoms with Gasteiger partial charge >= 0.3 is 5.97 Å². The minimum atomic E-state index is -0.0426. The zero-order chi connectivity index (χ0) is 14.9. The summed E-state index contributed by atoms with van der Waals surface area (Å²) in [5.74, 6) is 4.10. The largest absolute Gasteiger partial charge is 0.465 e. The van der Waals surface area contributed by atoms with Crippen molar-refractivity contribution in [1.29, 1.82) is 0 Å². The Bertz CT molecular complexity index is 500. The van der Waals surface area contributed by atoms with Crippen LogP contribution in [0.3, 0.4) is 0 Å². The van der Waals surface area contributed by atoms with Gasteiger partial charge in [0.15, 0.2) is 0 Å². The molecule has 1 saturated heterocycles. The van der Waals surface area contributed by atoms with E-state index in [9.17, 15) is 4.79 Å². The molecule has 0 N–H and O–H groups in total. The molecule has 1 spiro atoms. The average Bonchev–Trinajstić information content (AvgIpc) is 3.04. The summed E-state index contributed by atoms with van der Waals surface area (Å²) in [6, 6.07) is 0. The summed E-state index contributed by atoms with van der Waals surface area (Å²) in [7, 11) is 0. The quantitative estimate of drug-likeness (QED) is 0.613. The summed E-state index contributed by atoms with van der Waals surface area (Å²) in [5, 5.41) is 0. The summed E-state index contributed by atoms with van der Waals surface area (Å²) in [4.78, 5) is 12.6. The molecule has 0 unspecified atom stereocenters. The molecule has 5 fully saturated rings. The molecule has 1 aliphatic heterocycles. The Morgan fingerprint density at radius 2 is 1.77 bits per heavy atom. The van der Waals surface area contributed by atoms with Crippen LogP contribution in [-0.2, 0) is 9.53 Å². The molecule has 22 heavy (non-hydrogen) atoms. The summed E-state index contributed by atoms with van der Waals surface area (Å²) in [6.45, 7) is 3.34. The van der Waals surface area contributed by atoms with Gasteiger partial charge in [0, 0.05) is 5.92 Å². The molecule has 2 nitrogen and oxygen atoms in total. The van der Waals surface area contributed by atoms with Crippen LogP contribution in [0.1, 0.15) is 71.1 Å². The normalized spacial score (nSPS) is 56.6. The second kappa shape index (κ2) is 4.51. The second-order valence-electron chi connectivity index (χ2n) is 9.35. The molecular formula is C20H30O2. The molecule has 2 heteroatoms. The van der Waals surface area contributed by atoms with E-state index in [-0.39, 0.29) is 11.4 Å². The van der Waals surface area contributed by atoms with Crippen LogP contribution in [0.25, 0.3) is 0 Å². The van der Waals surface area contributed by atoms with Gasteiger partial charge < -0.3 is 4.74 Å². The van der Waals surface area contributed by atoms with Crippen LogP contribution in [0.2, 0.25) is 0 Å². The first-order chi connectivity index (χ1) is 10.7. The molecule has 0 amide bonds. The van der Waals surface area contributed by atoms with E-state index in [1.807, 2.05) is 0 Å². The van der Waals surface area contributed by atoms with Gasteiger partial charge in [-0.25, -0.2) is 0 Å². The highest BCUT2D eigenvalue weighted by atomic mass is 16.5. The first-order valence-corrected chi connectivity index (χ1v) is 9.83. The van der Waals surface area contributed by atoms with Crippen molar-refractivity contribution in [1.82, 2.24) is 0 Å². The van der Waals surface area contributed by atoms with E-state index in [0.717, 1.165) is 30.8 Å². The number of carbonyl (C=O) groups excluding carboxylic acids is 1. The van der Waals surface area contributed by atoms with Crippen LogP contribution in [0.15, 0.2) is 0 Å². The predicted molar refractivity (Wildman–Crippen MR) is 85.1 cm³/mol. The van der Waals surface area contributed by atoms with Crippen molar-refractivity contribution in [2.45, 2.75) is 71.1 Å². The molecule has 0 aromatic heterocycles. The molecule has 5 aliphatic rings. The first-order valence-electron chi connectivity index (χ1n) is 9.83. The summed E-state index contributed by atoms with van der Waals surface area (Å²) in [6.07, 6.45) is 13.7. The lowest BCUT2D eigenvalue weighted by Crippen LogP contribution is -2.54. The molecule has 4 aliphatic carbocycles. The van der Waals surface area contributed by atoms with Crippen molar-refractivity contribution in [2.24, 2.45) is 40.4 Å². The van der Waals surface area contributed by atoms with E-state index in [4.69, 9.17) is 4.74 Å². The van der Waals surface area contributed by atoms with Crippen molar-refractivity contribution in [3.8, 4) is 0 Å². The lowest BCUT2D eigenvalue weighted by molar-refractivity contribution is -0.161. The highest BCUT2D eigenvalue weighted by molar-refractivity contribution is 5.80. The summed E-state index contributed by atoms with van der Waals surface area (Å²) >= 11 is 0. The fourth-order valence-electron chi connectivity index (χ4n) is 8.04. The van der Waals surface area contributed by atoms with E-state index in [0.29, 0.717) is 17.3 Å².